The third kappa shape index (κ3) is 3.66. The maximum Gasteiger partial charge on any atom is 0.418 e. The molecule has 4 nitrogen and oxygen atoms in total. The number of nitrogens with zero attached hydrogens (tertiary/aromatic N) is 3. The first kappa shape index (κ1) is 15.6. The molecular formula is C13H14ClF3N4. The highest BCUT2D eigenvalue weighted by atomic mass is 35.5. The zero-order valence-electron chi connectivity index (χ0n) is 11.4. The number of hydrogen-bond donors (Lipinski definition) is 1. The average molecular weight is 319 g/mol. The zero-order valence-corrected chi connectivity index (χ0v) is 12.2. The molecule has 0 aliphatic rings. The number of hydrogen-bond acceptors (Lipinski definition) is 3. The average Bonchev–Trinajstić information content (AvgIpc) is 2.84. The predicted molar refractivity (Wildman–Crippen MR) is 74.2 cm³/mol. The van der Waals surface area contributed by atoms with Crippen LogP contribution in [0.15, 0.2) is 24.5 Å². The van der Waals surface area contributed by atoms with Crippen LogP contribution in [0.2, 0.25) is 5.02 Å². The summed E-state index contributed by atoms with van der Waals surface area (Å²) in [5.74, 6) is 0.563. The van der Waals surface area contributed by atoms with Crippen LogP contribution in [0.4, 0.5) is 18.9 Å². The lowest BCUT2D eigenvalue weighted by molar-refractivity contribution is -0.136. The van der Waals surface area contributed by atoms with Crippen molar-refractivity contribution in [2.45, 2.75) is 32.6 Å². The van der Waals surface area contributed by atoms with Crippen molar-refractivity contribution < 1.29 is 13.2 Å². The van der Waals surface area contributed by atoms with Gasteiger partial charge < -0.3 is 5.32 Å². The van der Waals surface area contributed by atoms with E-state index in [9.17, 15) is 13.2 Å². The number of nitrogens with one attached hydrogen (secondary N) is 1. The van der Waals surface area contributed by atoms with Gasteiger partial charge in [0.1, 0.15) is 12.2 Å². The van der Waals surface area contributed by atoms with Crippen molar-refractivity contribution in [3.63, 3.8) is 0 Å². The predicted octanol–water partition coefficient (Wildman–Crippen LogP) is 4.14. The van der Waals surface area contributed by atoms with Gasteiger partial charge in [0, 0.05) is 16.8 Å². The largest absolute Gasteiger partial charge is 0.418 e. The first-order valence-corrected chi connectivity index (χ1v) is 6.66. The van der Waals surface area contributed by atoms with Crippen LogP contribution in [0.3, 0.4) is 0 Å². The molecule has 21 heavy (non-hydrogen) atoms. The summed E-state index contributed by atoms with van der Waals surface area (Å²) in [7, 11) is 0. The van der Waals surface area contributed by atoms with Gasteiger partial charge in [-0.1, -0.05) is 11.6 Å². The van der Waals surface area contributed by atoms with E-state index >= 15 is 0 Å². The van der Waals surface area contributed by atoms with Gasteiger partial charge in [0.2, 0.25) is 0 Å². The van der Waals surface area contributed by atoms with Gasteiger partial charge in [-0.2, -0.15) is 18.3 Å². The summed E-state index contributed by atoms with van der Waals surface area (Å²) in [6, 6.07) is 3.70. The van der Waals surface area contributed by atoms with Crippen molar-refractivity contribution in [1.82, 2.24) is 14.8 Å². The zero-order chi connectivity index (χ0) is 15.6. The summed E-state index contributed by atoms with van der Waals surface area (Å²) in [6.45, 7) is 3.98. The van der Waals surface area contributed by atoms with Crippen LogP contribution in [0.5, 0.6) is 0 Å². The molecule has 0 amide bonds. The van der Waals surface area contributed by atoms with Crippen molar-refractivity contribution in [2.75, 3.05) is 5.32 Å². The van der Waals surface area contributed by atoms with Crippen LogP contribution in [0, 0.1) is 0 Å². The Bertz CT molecular complexity index is 622. The second kappa shape index (κ2) is 5.93. The van der Waals surface area contributed by atoms with E-state index in [1.54, 1.807) is 4.68 Å². The van der Waals surface area contributed by atoms with E-state index in [0.717, 1.165) is 6.07 Å². The first-order chi connectivity index (χ1) is 9.79. The molecule has 8 heteroatoms. The Morgan fingerprint density at radius 2 is 2.05 bits per heavy atom. The molecule has 0 aliphatic carbocycles. The monoisotopic (exact) mass is 318 g/mol. The molecule has 1 heterocycles. The molecule has 0 atom stereocenters. The number of aromatic nitrogens is 3. The van der Waals surface area contributed by atoms with Crippen molar-refractivity contribution in [2.24, 2.45) is 0 Å². The lowest BCUT2D eigenvalue weighted by Gasteiger charge is -2.15. The Balaban J connectivity index is 2.22. The fraction of sp³-hybridized carbons (Fsp3) is 0.385. The maximum atomic E-state index is 13.0. The van der Waals surface area contributed by atoms with E-state index in [2.05, 4.69) is 15.4 Å². The van der Waals surface area contributed by atoms with Gasteiger partial charge in [-0.05, 0) is 32.0 Å². The third-order valence-electron chi connectivity index (χ3n) is 2.86. The number of rotatable bonds is 4. The van der Waals surface area contributed by atoms with Gasteiger partial charge in [0.15, 0.2) is 0 Å². The van der Waals surface area contributed by atoms with E-state index < -0.39 is 11.7 Å². The molecule has 0 fully saturated rings. The Morgan fingerprint density at radius 1 is 1.33 bits per heavy atom. The number of halogens is 4. The first-order valence-electron chi connectivity index (χ1n) is 6.28. The molecule has 0 bridgehead atoms. The minimum atomic E-state index is -4.47. The molecule has 0 saturated heterocycles. The summed E-state index contributed by atoms with van der Waals surface area (Å²) in [4.78, 5) is 4.04. The normalized spacial score (nSPS) is 12.0. The topological polar surface area (TPSA) is 42.7 Å². The van der Waals surface area contributed by atoms with Crippen LogP contribution in [0.1, 0.15) is 31.3 Å². The number of alkyl halides is 3. The molecular weight excluding hydrogens is 305 g/mol. The molecule has 0 unspecified atom stereocenters. The third-order valence-corrected chi connectivity index (χ3v) is 3.10. The summed E-state index contributed by atoms with van der Waals surface area (Å²) in [6.07, 6.45) is -3.09. The van der Waals surface area contributed by atoms with Crippen LogP contribution < -0.4 is 5.32 Å². The fourth-order valence-corrected chi connectivity index (χ4v) is 2.08. The summed E-state index contributed by atoms with van der Waals surface area (Å²) in [5.41, 5.74) is -0.837. The standard InChI is InChI=1S/C13H14ClF3N4/c1-8(2)21-12(19-7-20-21)6-18-11-4-3-9(14)5-10(11)13(15,16)17/h3-5,7-8,18H,6H2,1-2H3. The highest BCUT2D eigenvalue weighted by Crippen LogP contribution is 2.36. The van der Waals surface area contributed by atoms with Gasteiger partial charge in [0.05, 0.1) is 12.1 Å². The fourth-order valence-electron chi connectivity index (χ4n) is 1.91. The van der Waals surface area contributed by atoms with Crippen LogP contribution in [-0.4, -0.2) is 14.8 Å². The highest BCUT2D eigenvalue weighted by molar-refractivity contribution is 6.30. The molecule has 0 radical (unpaired) electrons. The van der Waals surface area contributed by atoms with E-state index in [-0.39, 0.29) is 23.3 Å². The van der Waals surface area contributed by atoms with Crippen molar-refractivity contribution in [3.05, 3.63) is 40.9 Å². The molecule has 114 valence electrons. The molecule has 1 N–H and O–H groups in total. The van der Waals surface area contributed by atoms with E-state index in [1.165, 1.54) is 18.5 Å². The molecule has 2 rings (SSSR count). The quantitative estimate of drug-likeness (QED) is 0.921. The van der Waals surface area contributed by atoms with E-state index in [4.69, 9.17) is 11.6 Å². The van der Waals surface area contributed by atoms with Gasteiger partial charge >= 0.3 is 6.18 Å². The summed E-state index contributed by atoms with van der Waals surface area (Å²) < 4.78 is 40.6. The van der Waals surface area contributed by atoms with Crippen molar-refractivity contribution in [1.29, 1.82) is 0 Å². The second-order valence-corrected chi connectivity index (χ2v) is 5.19. The summed E-state index contributed by atoms with van der Waals surface area (Å²) >= 11 is 5.64. The van der Waals surface area contributed by atoms with Crippen LogP contribution in [-0.2, 0) is 12.7 Å². The number of benzene rings is 1. The summed E-state index contributed by atoms with van der Waals surface area (Å²) in [5, 5.41) is 6.82. The van der Waals surface area contributed by atoms with Crippen molar-refractivity contribution >= 4 is 17.3 Å². The molecule has 0 saturated carbocycles. The lowest BCUT2D eigenvalue weighted by Crippen LogP contribution is -2.14. The van der Waals surface area contributed by atoms with Crippen LogP contribution in [0.25, 0.3) is 0 Å². The van der Waals surface area contributed by atoms with Gasteiger partial charge in [0.25, 0.3) is 0 Å². The minimum absolute atomic E-state index is 0.0368. The molecule has 1 aromatic heterocycles. The van der Waals surface area contributed by atoms with Gasteiger partial charge in [-0.15, -0.1) is 0 Å². The van der Waals surface area contributed by atoms with E-state index in [0.29, 0.717) is 5.82 Å². The highest BCUT2D eigenvalue weighted by Gasteiger charge is 2.33. The van der Waals surface area contributed by atoms with Crippen molar-refractivity contribution in [3.8, 4) is 0 Å². The number of anilines is 1. The van der Waals surface area contributed by atoms with Gasteiger partial charge in [-0.3, -0.25) is 0 Å². The minimum Gasteiger partial charge on any atom is -0.377 e. The Hall–Kier alpha value is -1.76. The molecule has 0 spiro atoms. The van der Waals surface area contributed by atoms with Crippen LogP contribution >= 0.6 is 11.6 Å². The second-order valence-electron chi connectivity index (χ2n) is 4.76. The Labute approximate surface area is 124 Å². The molecule has 0 aliphatic heterocycles. The SMILES string of the molecule is CC(C)n1ncnc1CNc1ccc(Cl)cc1C(F)(F)F. The molecule has 1 aromatic carbocycles. The lowest BCUT2D eigenvalue weighted by atomic mass is 10.1. The Morgan fingerprint density at radius 3 is 2.67 bits per heavy atom. The van der Waals surface area contributed by atoms with E-state index in [1.807, 2.05) is 13.8 Å². The Kier molecular flexibility index (Phi) is 4.41. The smallest absolute Gasteiger partial charge is 0.377 e. The van der Waals surface area contributed by atoms with Gasteiger partial charge in [-0.25, -0.2) is 9.67 Å². The maximum absolute atomic E-state index is 13.0. The molecule has 2 aromatic rings.